The molecule has 0 unspecified atom stereocenters. The SMILES string of the molecule is CCOc1cc(C(=O)O)ccc1N(Cc1cc(C2CC2)cc(C(C)(C)C)c1)C(=O)CS(=O)(=O)Nc1c(F)c(F)c(Cc2cccc(Cl)c2C)c(F)c1F. The minimum atomic E-state index is -5.04. The molecule has 53 heavy (non-hydrogen) atoms. The van der Waals surface area contributed by atoms with E-state index in [1.807, 2.05) is 32.9 Å². The highest BCUT2D eigenvalue weighted by atomic mass is 35.5. The second kappa shape index (κ2) is 15.4. The number of ether oxygens (including phenoxy) is 1. The van der Waals surface area contributed by atoms with E-state index < -0.39 is 68.6 Å². The Bertz CT molecular complexity index is 2170. The summed E-state index contributed by atoms with van der Waals surface area (Å²) in [6, 6.07) is 14.1. The largest absolute Gasteiger partial charge is 0.492 e. The molecule has 4 aromatic rings. The van der Waals surface area contributed by atoms with E-state index in [9.17, 15) is 23.1 Å². The van der Waals surface area contributed by atoms with E-state index in [1.165, 1.54) is 41.1 Å². The van der Waals surface area contributed by atoms with Crippen LogP contribution in [0.4, 0.5) is 28.9 Å². The number of carbonyl (C=O) groups is 2. The molecular weight excluding hydrogens is 736 g/mol. The Balaban J connectivity index is 1.52. The van der Waals surface area contributed by atoms with Crippen molar-refractivity contribution in [3.05, 3.63) is 122 Å². The van der Waals surface area contributed by atoms with Gasteiger partial charge in [0.05, 0.1) is 24.4 Å². The zero-order valence-corrected chi connectivity index (χ0v) is 31.3. The predicted octanol–water partition coefficient (Wildman–Crippen LogP) is 9.04. The maximum absolute atomic E-state index is 15.4. The lowest BCUT2D eigenvalue weighted by Gasteiger charge is -2.27. The third-order valence-electron chi connectivity index (χ3n) is 9.04. The van der Waals surface area contributed by atoms with E-state index in [4.69, 9.17) is 16.3 Å². The van der Waals surface area contributed by atoms with Crippen LogP contribution < -0.4 is 14.4 Å². The van der Waals surface area contributed by atoms with Crippen molar-refractivity contribution in [2.75, 3.05) is 22.0 Å². The van der Waals surface area contributed by atoms with Gasteiger partial charge in [-0.05, 0) is 90.1 Å². The Kier molecular flexibility index (Phi) is 11.5. The molecule has 0 heterocycles. The van der Waals surface area contributed by atoms with Crippen molar-refractivity contribution in [3.63, 3.8) is 0 Å². The maximum Gasteiger partial charge on any atom is 0.335 e. The second-order valence-corrected chi connectivity index (χ2v) is 16.2. The standard InChI is InChI=1S/C39H39ClF4N2O6S/c1-6-52-31-18-25(38(48)49)12-13-30(31)46(19-22-14-26(23-10-11-23)16-27(15-22)39(3,4)5)32(47)20-53(50,51)45-37-35(43)33(41)28(34(42)36(37)44)17-24-8-7-9-29(40)21(24)2/h7-9,12-16,18,23,45H,6,10-11,17,19-20H2,1-5H3,(H,48,49). The van der Waals surface area contributed by atoms with Crippen LogP contribution in [0.2, 0.25) is 5.02 Å². The Morgan fingerprint density at radius 3 is 2.23 bits per heavy atom. The van der Waals surface area contributed by atoms with Gasteiger partial charge in [-0.2, -0.15) is 0 Å². The van der Waals surface area contributed by atoms with Gasteiger partial charge in [0.15, 0.2) is 23.3 Å². The number of aromatic carboxylic acids is 1. The Hall–Kier alpha value is -4.62. The number of anilines is 2. The lowest BCUT2D eigenvalue weighted by molar-refractivity contribution is -0.116. The molecule has 2 N–H and O–H groups in total. The van der Waals surface area contributed by atoms with Gasteiger partial charge in [-0.15, -0.1) is 0 Å². The quantitative estimate of drug-likeness (QED) is 0.104. The van der Waals surface area contributed by atoms with Gasteiger partial charge in [-0.1, -0.05) is 62.7 Å². The number of carboxylic acid groups (broad SMARTS) is 1. The van der Waals surface area contributed by atoms with Gasteiger partial charge < -0.3 is 14.7 Å². The van der Waals surface area contributed by atoms with Crippen molar-refractivity contribution in [3.8, 4) is 5.75 Å². The van der Waals surface area contributed by atoms with Crippen LogP contribution in [0.25, 0.3) is 0 Å². The fourth-order valence-electron chi connectivity index (χ4n) is 5.91. The van der Waals surface area contributed by atoms with Gasteiger partial charge >= 0.3 is 5.97 Å². The summed E-state index contributed by atoms with van der Waals surface area (Å²) in [5, 5.41) is 9.86. The highest BCUT2D eigenvalue weighted by Gasteiger charge is 2.32. The number of benzene rings is 4. The van der Waals surface area contributed by atoms with Crippen LogP contribution in [0.5, 0.6) is 5.75 Å². The average molecular weight is 775 g/mol. The molecule has 4 aromatic carbocycles. The van der Waals surface area contributed by atoms with Crippen molar-refractivity contribution in [1.29, 1.82) is 0 Å². The number of carbonyl (C=O) groups excluding carboxylic acids is 1. The fraction of sp³-hybridized carbons (Fsp3) is 0.333. The fourth-order valence-corrected chi connectivity index (χ4v) is 7.15. The van der Waals surface area contributed by atoms with Crippen LogP contribution in [0.3, 0.4) is 0 Å². The molecule has 1 saturated carbocycles. The first kappa shape index (κ1) is 39.6. The first-order valence-electron chi connectivity index (χ1n) is 16.8. The number of nitrogens with one attached hydrogen (secondary N) is 1. The van der Waals surface area contributed by atoms with E-state index in [0.29, 0.717) is 17.0 Å². The molecule has 14 heteroatoms. The maximum atomic E-state index is 15.4. The summed E-state index contributed by atoms with van der Waals surface area (Å²) in [5.74, 6) is -11.1. The van der Waals surface area contributed by atoms with Crippen LogP contribution in [0.15, 0.2) is 54.6 Å². The van der Waals surface area contributed by atoms with Crippen LogP contribution in [-0.4, -0.2) is 37.8 Å². The summed E-state index contributed by atoms with van der Waals surface area (Å²) < 4.78 is 95.3. The smallest absolute Gasteiger partial charge is 0.335 e. The lowest BCUT2D eigenvalue weighted by atomic mass is 9.84. The van der Waals surface area contributed by atoms with Gasteiger partial charge in [-0.3, -0.25) is 9.52 Å². The summed E-state index contributed by atoms with van der Waals surface area (Å²) in [6.07, 6.45) is 1.39. The number of hydrogen-bond donors (Lipinski definition) is 2. The molecule has 282 valence electrons. The molecule has 0 saturated heterocycles. The number of rotatable bonds is 13. The van der Waals surface area contributed by atoms with Crippen molar-refractivity contribution in [2.45, 2.75) is 71.8 Å². The molecule has 0 radical (unpaired) electrons. The predicted molar refractivity (Wildman–Crippen MR) is 196 cm³/mol. The first-order chi connectivity index (χ1) is 24.8. The molecule has 0 aliphatic heterocycles. The van der Waals surface area contributed by atoms with Gasteiger partial charge in [0.2, 0.25) is 15.9 Å². The van der Waals surface area contributed by atoms with Gasteiger partial charge in [0.1, 0.15) is 17.2 Å². The van der Waals surface area contributed by atoms with Gasteiger partial charge in [0, 0.05) is 17.0 Å². The van der Waals surface area contributed by atoms with Crippen molar-refractivity contribution < 1.29 is 45.4 Å². The highest BCUT2D eigenvalue weighted by Crippen LogP contribution is 2.42. The van der Waals surface area contributed by atoms with Gasteiger partial charge in [-0.25, -0.2) is 30.8 Å². The van der Waals surface area contributed by atoms with Crippen LogP contribution in [0.1, 0.15) is 90.2 Å². The minimum absolute atomic E-state index is 0.0290. The number of nitrogens with zero attached hydrogens (tertiary/aromatic N) is 1. The summed E-state index contributed by atoms with van der Waals surface area (Å²) in [6.45, 7) is 9.13. The number of amides is 1. The molecule has 1 aliphatic rings. The average Bonchev–Trinajstić information content (AvgIpc) is 3.94. The number of hydrogen-bond acceptors (Lipinski definition) is 5. The first-order valence-corrected chi connectivity index (χ1v) is 18.9. The molecule has 5 rings (SSSR count). The van der Waals surface area contributed by atoms with E-state index >= 15 is 17.6 Å². The van der Waals surface area contributed by atoms with E-state index in [1.54, 1.807) is 13.8 Å². The molecule has 1 aliphatic carbocycles. The summed E-state index contributed by atoms with van der Waals surface area (Å²) in [7, 11) is -5.04. The van der Waals surface area contributed by atoms with E-state index in [-0.39, 0.29) is 46.2 Å². The third-order valence-corrected chi connectivity index (χ3v) is 10.6. The number of sulfonamides is 1. The van der Waals surface area contributed by atoms with Crippen molar-refractivity contribution in [1.82, 2.24) is 0 Å². The van der Waals surface area contributed by atoms with Crippen LogP contribution in [-0.2, 0) is 33.2 Å². The Morgan fingerprint density at radius 1 is 0.981 bits per heavy atom. The minimum Gasteiger partial charge on any atom is -0.492 e. The molecule has 0 spiro atoms. The lowest BCUT2D eigenvalue weighted by Crippen LogP contribution is -2.37. The normalized spacial score (nSPS) is 13.2. The Labute approximate surface area is 310 Å². The summed E-state index contributed by atoms with van der Waals surface area (Å²) in [5.41, 5.74) is 0.338. The van der Waals surface area contributed by atoms with Crippen LogP contribution in [0, 0.1) is 30.2 Å². The molecular formula is C39H39ClF4N2O6S. The van der Waals surface area contributed by atoms with Crippen LogP contribution >= 0.6 is 11.6 Å². The molecule has 0 aromatic heterocycles. The van der Waals surface area contributed by atoms with Gasteiger partial charge in [0.25, 0.3) is 0 Å². The third kappa shape index (κ3) is 8.96. The monoisotopic (exact) mass is 774 g/mol. The number of carboxylic acids is 1. The van der Waals surface area contributed by atoms with E-state index in [0.717, 1.165) is 28.9 Å². The van der Waals surface area contributed by atoms with Crippen molar-refractivity contribution >= 4 is 44.9 Å². The molecule has 0 atom stereocenters. The Morgan fingerprint density at radius 2 is 1.64 bits per heavy atom. The molecule has 1 amide bonds. The summed E-state index contributed by atoms with van der Waals surface area (Å²) in [4.78, 5) is 26.9. The van der Waals surface area contributed by atoms with E-state index in [2.05, 4.69) is 6.07 Å². The highest BCUT2D eigenvalue weighted by molar-refractivity contribution is 7.93. The summed E-state index contributed by atoms with van der Waals surface area (Å²) >= 11 is 6.08. The molecule has 8 nitrogen and oxygen atoms in total. The second-order valence-electron chi connectivity index (χ2n) is 14.1. The zero-order valence-electron chi connectivity index (χ0n) is 29.7. The number of halogens is 5. The topological polar surface area (TPSA) is 113 Å². The molecule has 1 fully saturated rings. The zero-order chi connectivity index (χ0) is 39.0. The van der Waals surface area contributed by atoms with Crippen molar-refractivity contribution in [2.24, 2.45) is 0 Å². The molecule has 0 bridgehead atoms.